The molecular formula is C19H18O2. The van der Waals surface area contributed by atoms with Gasteiger partial charge in [0, 0.05) is 11.6 Å². The van der Waals surface area contributed by atoms with Crippen molar-refractivity contribution in [2.75, 3.05) is 14.2 Å². The van der Waals surface area contributed by atoms with Gasteiger partial charge < -0.3 is 9.47 Å². The van der Waals surface area contributed by atoms with Crippen LogP contribution in [0, 0.1) is 6.92 Å². The minimum Gasteiger partial charge on any atom is -0.497 e. The van der Waals surface area contributed by atoms with Crippen LogP contribution in [0.5, 0.6) is 11.5 Å². The molecule has 106 valence electrons. The molecule has 0 saturated heterocycles. The summed E-state index contributed by atoms with van der Waals surface area (Å²) >= 11 is 0. The first-order chi connectivity index (χ1) is 10.2. The third-order valence-electron chi connectivity index (χ3n) is 3.79. The lowest BCUT2D eigenvalue weighted by Gasteiger charge is -2.15. The Morgan fingerprint density at radius 1 is 0.810 bits per heavy atom. The molecule has 0 aliphatic heterocycles. The quantitative estimate of drug-likeness (QED) is 0.683. The van der Waals surface area contributed by atoms with Crippen LogP contribution in [0.25, 0.3) is 21.9 Å². The number of fused-ring (bicyclic) bond motifs is 1. The predicted octanol–water partition coefficient (Wildman–Crippen LogP) is 4.83. The fraction of sp³-hybridized carbons (Fsp3) is 0.158. The average molecular weight is 278 g/mol. The number of benzene rings is 3. The number of hydrogen-bond donors (Lipinski definition) is 0. The van der Waals surface area contributed by atoms with E-state index in [1.165, 1.54) is 16.3 Å². The zero-order chi connectivity index (χ0) is 14.8. The summed E-state index contributed by atoms with van der Waals surface area (Å²) in [6, 6.07) is 18.7. The van der Waals surface area contributed by atoms with E-state index < -0.39 is 0 Å². The van der Waals surface area contributed by atoms with Crippen LogP contribution in [0.3, 0.4) is 0 Å². The molecule has 0 saturated carbocycles. The molecule has 0 spiro atoms. The highest BCUT2D eigenvalue weighted by Crippen LogP contribution is 2.39. The summed E-state index contributed by atoms with van der Waals surface area (Å²) in [5.74, 6) is 1.65. The highest BCUT2D eigenvalue weighted by atomic mass is 16.5. The van der Waals surface area contributed by atoms with Gasteiger partial charge in [0.15, 0.2) is 0 Å². The summed E-state index contributed by atoms with van der Waals surface area (Å²) in [5.41, 5.74) is 3.45. The SMILES string of the molecule is COc1cc(C)c(-c2cccc3ccccc23)c(OC)c1. The summed E-state index contributed by atoms with van der Waals surface area (Å²) in [4.78, 5) is 0. The molecule has 3 rings (SSSR count). The second kappa shape index (κ2) is 5.49. The number of aryl methyl sites for hydroxylation is 1. The van der Waals surface area contributed by atoms with E-state index in [1.807, 2.05) is 12.1 Å². The van der Waals surface area contributed by atoms with Crippen LogP contribution in [0.1, 0.15) is 5.56 Å². The molecule has 0 aliphatic carbocycles. The number of methoxy groups -OCH3 is 2. The zero-order valence-corrected chi connectivity index (χ0v) is 12.5. The highest BCUT2D eigenvalue weighted by Gasteiger charge is 2.13. The van der Waals surface area contributed by atoms with Crippen LogP contribution in [0.2, 0.25) is 0 Å². The van der Waals surface area contributed by atoms with Gasteiger partial charge in [0.25, 0.3) is 0 Å². The predicted molar refractivity (Wildman–Crippen MR) is 87.2 cm³/mol. The van der Waals surface area contributed by atoms with Gasteiger partial charge in [-0.1, -0.05) is 42.5 Å². The Labute approximate surface area is 124 Å². The second-order valence-corrected chi connectivity index (χ2v) is 5.05. The van der Waals surface area contributed by atoms with Gasteiger partial charge in [-0.15, -0.1) is 0 Å². The van der Waals surface area contributed by atoms with Crippen LogP contribution in [0.15, 0.2) is 54.6 Å². The first kappa shape index (κ1) is 13.5. The van der Waals surface area contributed by atoms with E-state index in [-0.39, 0.29) is 0 Å². The second-order valence-electron chi connectivity index (χ2n) is 5.05. The Kier molecular flexibility index (Phi) is 3.53. The van der Waals surface area contributed by atoms with E-state index in [0.29, 0.717) is 0 Å². The molecule has 0 amide bonds. The number of ether oxygens (including phenoxy) is 2. The smallest absolute Gasteiger partial charge is 0.130 e. The molecular weight excluding hydrogens is 260 g/mol. The molecule has 0 aromatic heterocycles. The summed E-state index contributed by atoms with van der Waals surface area (Å²) < 4.78 is 10.9. The number of hydrogen-bond acceptors (Lipinski definition) is 2. The fourth-order valence-electron chi connectivity index (χ4n) is 2.79. The monoisotopic (exact) mass is 278 g/mol. The lowest BCUT2D eigenvalue weighted by Crippen LogP contribution is -1.94. The van der Waals surface area contributed by atoms with Crippen molar-refractivity contribution in [3.63, 3.8) is 0 Å². The average Bonchev–Trinajstić information content (AvgIpc) is 2.53. The molecule has 0 atom stereocenters. The maximum atomic E-state index is 5.59. The molecule has 0 aliphatic rings. The maximum Gasteiger partial charge on any atom is 0.130 e. The molecule has 3 aromatic carbocycles. The molecule has 0 bridgehead atoms. The minimum atomic E-state index is 0.813. The van der Waals surface area contributed by atoms with Crippen molar-refractivity contribution in [2.24, 2.45) is 0 Å². The maximum absolute atomic E-state index is 5.59. The van der Waals surface area contributed by atoms with Crippen molar-refractivity contribution in [2.45, 2.75) is 6.92 Å². The summed E-state index contributed by atoms with van der Waals surface area (Å²) in [5, 5.41) is 2.46. The highest BCUT2D eigenvalue weighted by molar-refractivity contribution is 5.98. The van der Waals surface area contributed by atoms with E-state index in [2.05, 4.69) is 49.4 Å². The van der Waals surface area contributed by atoms with Gasteiger partial charge in [-0.2, -0.15) is 0 Å². The normalized spacial score (nSPS) is 10.6. The molecule has 0 N–H and O–H groups in total. The Hall–Kier alpha value is -2.48. The van der Waals surface area contributed by atoms with Gasteiger partial charge in [0.2, 0.25) is 0 Å². The Morgan fingerprint density at radius 2 is 1.57 bits per heavy atom. The Morgan fingerprint density at radius 3 is 2.33 bits per heavy atom. The molecule has 0 fully saturated rings. The van der Waals surface area contributed by atoms with Crippen molar-refractivity contribution >= 4 is 10.8 Å². The molecule has 0 unspecified atom stereocenters. The van der Waals surface area contributed by atoms with E-state index in [1.54, 1.807) is 14.2 Å². The zero-order valence-electron chi connectivity index (χ0n) is 12.5. The largest absolute Gasteiger partial charge is 0.497 e. The standard InChI is InChI=1S/C19H18O2/c1-13-11-15(20-2)12-18(21-3)19(13)17-10-6-8-14-7-4-5-9-16(14)17/h4-12H,1-3H3. The fourth-order valence-corrected chi connectivity index (χ4v) is 2.79. The molecule has 2 nitrogen and oxygen atoms in total. The van der Waals surface area contributed by atoms with Crippen molar-refractivity contribution in [1.29, 1.82) is 0 Å². The van der Waals surface area contributed by atoms with Crippen molar-refractivity contribution < 1.29 is 9.47 Å². The Balaban J connectivity index is 2.33. The first-order valence-electron chi connectivity index (χ1n) is 6.95. The molecule has 0 radical (unpaired) electrons. The minimum absolute atomic E-state index is 0.813. The van der Waals surface area contributed by atoms with Crippen molar-refractivity contribution in [3.05, 3.63) is 60.2 Å². The first-order valence-corrected chi connectivity index (χ1v) is 6.95. The molecule has 3 aromatic rings. The van der Waals surface area contributed by atoms with E-state index in [4.69, 9.17) is 9.47 Å². The molecule has 0 heterocycles. The van der Waals surface area contributed by atoms with Gasteiger partial charge in [-0.05, 0) is 34.9 Å². The topological polar surface area (TPSA) is 18.5 Å². The van der Waals surface area contributed by atoms with Crippen molar-refractivity contribution in [1.82, 2.24) is 0 Å². The van der Waals surface area contributed by atoms with Crippen molar-refractivity contribution in [3.8, 4) is 22.6 Å². The van der Waals surface area contributed by atoms with E-state index in [0.717, 1.165) is 22.6 Å². The third-order valence-corrected chi connectivity index (χ3v) is 3.79. The van der Waals surface area contributed by atoms with Crippen LogP contribution in [-0.2, 0) is 0 Å². The van der Waals surface area contributed by atoms with Crippen LogP contribution >= 0.6 is 0 Å². The van der Waals surface area contributed by atoms with Crippen LogP contribution in [-0.4, -0.2) is 14.2 Å². The summed E-state index contributed by atoms with van der Waals surface area (Å²) in [6.45, 7) is 2.09. The summed E-state index contributed by atoms with van der Waals surface area (Å²) in [6.07, 6.45) is 0. The molecule has 21 heavy (non-hydrogen) atoms. The van der Waals surface area contributed by atoms with Gasteiger partial charge in [-0.3, -0.25) is 0 Å². The van der Waals surface area contributed by atoms with E-state index >= 15 is 0 Å². The third kappa shape index (κ3) is 2.33. The summed E-state index contributed by atoms with van der Waals surface area (Å²) in [7, 11) is 3.37. The van der Waals surface area contributed by atoms with Gasteiger partial charge >= 0.3 is 0 Å². The lowest BCUT2D eigenvalue weighted by atomic mass is 9.94. The van der Waals surface area contributed by atoms with E-state index in [9.17, 15) is 0 Å². The van der Waals surface area contributed by atoms with Crippen LogP contribution < -0.4 is 9.47 Å². The van der Waals surface area contributed by atoms with Crippen LogP contribution in [0.4, 0.5) is 0 Å². The number of rotatable bonds is 3. The Bertz CT molecular complexity index is 785. The van der Waals surface area contributed by atoms with Gasteiger partial charge in [0.1, 0.15) is 11.5 Å². The van der Waals surface area contributed by atoms with Gasteiger partial charge in [0.05, 0.1) is 14.2 Å². The molecule has 2 heteroatoms. The lowest BCUT2D eigenvalue weighted by molar-refractivity contribution is 0.395. The van der Waals surface area contributed by atoms with Gasteiger partial charge in [-0.25, -0.2) is 0 Å².